The van der Waals surface area contributed by atoms with Gasteiger partial charge in [0.25, 0.3) is 0 Å². The molecule has 7 heteroatoms. The number of rotatable bonds is 9. The van der Waals surface area contributed by atoms with Gasteiger partial charge in [-0.05, 0) is 31.4 Å². The number of hydrogen-bond donors (Lipinski definition) is 2. The Kier molecular flexibility index (Phi) is 8.62. The van der Waals surface area contributed by atoms with Crippen molar-refractivity contribution in [3.8, 4) is 5.75 Å². The van der Waals surface area contributed by atoms with Gasteiger partial charge in [0.05, 0.1) is 7.11 Å². The van der Waals surface area contributed by atoms with Crippen molar-refractivity contribution in [2.45, 2.75) is 24.1 Å². The fraction of sp³-hybridized carbons (Fsp3) is 0.444. The van der Waals surface area contributed by atoms with Gasteiger partial charge in [-0.2, -0.15) is 0 Å². The molecule has 0 aliphatic heterocycles. The highest BCUT2D eigenvalue weighted by Gasteiger charge is 2.04. The minimum absolute atomic E-state index is 0.813. The fourth-order valence-corrected chi connectivity index (χ4v) is 4.01. The summed E-state index contributed by atoms with van der Waals surface area (Å²) in [6.07, 6.45) is 3.81. The molecule has 0 atom stereocenters. The molecule has 1 aromatic carbocycles. The van der Waals surface area contributed by atoms with E-state index in [9.17, 15) is 0 Å². The van der Waals surface area contributed by atoms with Crippen LogP contribution in [0.5, 0.6) is 5.75 Å². The lowest BCUT2D eigenvalue weighted by atomic mass is 10.1. The van der Waals surface area contributed by atoms with Gasteiger partial charge in [-0.15, -0.1) is 11.3 Å². The molecule has 1 aromatic heterocycles. The van der Waals surface area contributed by atoms with Crippen LogP contribution in [0.3, 0.4) is 0 Å². The Morgan fingerprint density at radius 3 is 2.88 bits per heavy atom. The van der Waals surface area contributed by atoms with Crippen LogP contribution in [0.2, 0.25) is 0 Å². The number of guanidine groups is 1. The van der Waals surface area contributed by atoms with Crippen LogP contribution < -0.4 is 15.4 Å². The quantitative estimate of drug-likeness (QED) is 0.303. The first kappa shape index (κ1) is 19.6. The van der Waals surface area contributed by atoms with E-state index in [0.717, 1.165) is 47.7 Å². The molecule has 0 saturated heterocycles. The predicted octanol–water partition coefficient (Wildman–Crippen LogP) is 3.35. The molecule has 2 N–H and O–H groups in total. The number of thiazole rings is 1. The Bertz CT molecular complexity index is 659. The number of benzene rings is 1. The standard InChI is InChI=1S/C18H26N4OS2/c1-14-5-6-16(23-3)15(13-14)7-9-21-17(19-2)20-8-4-11-24-18-22-10-12-25-18/h5-6,10,12-13H,4,7-9,11H2,1-3H3,(H2,19,20,21). The topological polar surface area (TPSA) is 58.5 Å². The highest BCUT2D eigenvalue weighted by Crippen LogP contribution is 2.20. The van der Waals surface area contributed by atoms with Gasteiger partial charge in [0.1, 0.15) is 10.1 Å². The van der Waals surface area contributed by atoms with E-state index < -0.39 is 0 Å². The normalized spacial score (nSPS) is 11.4. The zero-order valence-corrected chi connectivity index (χ0v) is 16.7. The van der Waals surface area contributed by atoms with E-state index in [-0.39, 0.29) is 0 Å². The molecular formula is C18H26N4OS2. The number of aryl methyl sites for hydroxylation is 1. The SMILES string of the molecule is CN=C(NCCCSc1nccs1)NCCc1cc(C)ccc1OC. The Morgan fingerprint density at radius 1 is 1.32 bits per heavy atom. The van der Waals surface area contributed by atoms with Crippen LogP contribution in [0.4, 0.5) is 0 Å². The average Bonchev–Trinajstić information content (AvgIpc) is 3.13. The van der Waals surface area contributed by atoms with Crippen LogP contribution in [0.1, 0.15) is 17.5 Å². The van der Waals surface area contributed by atoms with Gasteiger partial charge in [0.2, 0.25) is 0 Å². The number of ether oxygens (including phenoxy) is 1. The molecule has 5 nitrogen and oxygen atoms in total. The molecule has 0 saturated carbocycles. The van der Waals surface area contributed by atoms with Crippen LogP contribution in [-0.2, 0) is 6.42 Å². The molecule has 0 spiro atoms. The van der Waals surface area contributed by atoms with Crippen molar-refractivity contribution in [3.05, 3.63) is 40.9 Å². The summed E-state index contributed by atoms with van der Waals surface area (Å²) in [4.78, 5) is 8.54. The van der Waals surface area contributed by atoms with Crippen LogP contribution in [-0.4, -0.2) is 43.9 Å². The molecule has 1 heterocycles. The first-order valence-corrected chi connectivity index (χ1v) is 10.2. The molecular weight excluding hydrogens is 352 g/mol. The lowest BCUT2D eigenvalue weighted by molar-refractivity contribution is 0.409. The summed E-state index contributed by atoms with van der Waals surface area (Å²) in [7, 11) is 3.51. The Hall–Kier alpha value is -1.73. The van der Waals surface area contributed by atoms with Crippen LogP contribution in [0.25, 0.3) is 0 Å². The number of thioether (sulfide) groups is 1. The summed E-state index contributed by atoms with van der Waals surface area (Å²) in [5, 5.41) is 8.72. The zero-order valence-electron chi connectivity index (χ0n) is 15.0. The third-order valence-corrected chi connectivity index (χ3v) is 5.65. The molecule has 2 aromatic rings. The van der Waals surface area contributed by atoms with Crippen LogP contribution >= 0.6 is 23.1 Å². The summed E-state index contributed by atoms with van der Waals surface area (Å²) in [5.74, 6) is 2.83. The largest absolute Gasteiger partial charge is 0.496 e. The first-order valence-electron chi connectivity index (χ1n) is 8.33. The van der Waals surface area contributed by atoms with E-state index in [1.807, 2.05) is 17.6 Å². The maximum atomic E-state index is 5.43. The van der Waals surface area contributed by atoms with E-state index >= 15 is 0 Å². The van der Waals surface area contributed by atoms with E-state index in [0.29, 0.717) is 0 Å². The minimum atomic E-state index is 0.813. The van der Waals surface area contributed by atoms with Crippen LogP contribution in [0.15, 0.2) is 39.1 Å². The monoisotopic (exact) mass is 378 g/mol. The second-order valence-electron chi connectivity index (χ2n) is 5.49. The molecule has 136 valence electrons. The summed E-state index contributed by atoms with van der Waals surface area (Å²) >= 11 is 3.49. The molecule has 0 unspecified atom stereocenters. The molecule has 0 amide bonds. The summed E-state index contributed by atoms with van der Waals surface area (Å²) in [6, 6.07) is 6.27. The number of methoxy groups -OCH3 is 1. The molecule has 2 rings (SSSR count). The summed E-state index contributed by atoms with van der Waals surface area (Å²) in [6.45, 7) is 3.81. The Balaban J connectivity index is 1.65. The number of aromatic nitrogens is 1. The lowest BCUT2D eigenvalue weighted by Crippen LogP contribution is -2.38. The van der Waals surface area contributed by atoms with Gasteiger partial charge < -0.3 is 15.4 Å². The van der Waals surface area contributed by atoms with Crippen molar-refractivity contribution in [2.24, 2.45) is 4.99 Å². The Morgan fingerprint density at radius 2 is 2.16 bits per heavy atom. The number of nitrogens with zero attached hydrogens (tertiary/aromatic N) is 2. The highest BCUT2D eigenvalue weighted by molar-refractivity contribution is 8.00. The van der Waals surface area contributed by atoms with Crippen molar-refractivity contribution in [2.75, 3.05) is 33.0 Å². The summed E-state index contributed by atoms with van der Waals surface area (Å²) in [5.41, 5.74) is 2.46. The Labute approximate surface area is 158 Å². The van der Waals surface area contributed by atoms with Crippen LogP contribution in [0, 0.1) is 6.92 Å². The average molecular weight is 379 g/mol. The predicted molar refractivity (Wildman–Crippen MR) is 108 cm³/mol. The molecule has 0 aliphatic rings. The lowest BCUT2D eigenvalue weighted by Gasteiger charge is -2.13. The number of aliphatic imine (C=N–C) groups is 1. The van der Waals surface area contributed by atoms with Gasteiger partial charge in [-0.1, -0.05) is 29.5 Å². The van der Waals surface area contributed by atoms with E-state index in [1.54, 1.807) is 37.3 Å². The highest BCUT2D eigenvalue weighted by atomic mass is 32.2. The van der Waals surface area contributed by atoms with Gasteiger partial charge in [-0.25, -0.2) is 4.98 Å². The van der Waals surface area contributed by atoms with E-state index in [4.69, 9.17) is 4.74 Å². The second kappa shape index (κ2) is 11.0. The third-order valence-electron chi connectivity index (χ3n) is 3.60. The molecule has 0 bridgehead atoms. The third kappa shape index (κ3) is 6.96. The maximum absolute atomic E-state index is 5.43. The fourth-order valence-electron chi connectivity index (χ4n) is 2.36. The van der Waals surface area contributed by atoms with Crippen molar-refractivity contribution < 1.29 is 4.74 Å². The van der Waals surface area contributed by atoms with Gasteiger partial charge >= 0.3 is 0 Å². The molecule has 0 fully saturated rings. The van der Waals surface area contributed by atoms with Gasteiger partial charge in [0, 0.05) is 37.5 Å². The van der Waals surface area contributed by atoms with E-state index in [1.165, 1.54) is 11.1 Å². The molecule has 0 radical (unpaired) electrons. The number of hydrogen-bond acceptors (Lipinski definition) is 5. The zero-order chi connectivity index (χ0) is 17.9. The first-order chi connectivity index (χ1) is 12.2. The molecule has 25 heavy (non-hydrogen) atoms. The minimum Gasteiger partial charge on any atom is -0.496 e. The van der Waals surface area contributed by atoms with E-state index in [2.05, 4.69) is 39.7 Å². The van der Waals surface area contributed by atoms with Gasteiger partial charge in [-0.3, -0.25) is 4.99 Å². The maximum Gasteiger partial charge on any atom is 0.190 e. The van der Waals surface area contributed by atoms with Crippen molar-refractivity contribution in [3.63, 3.8) is 0 Å². The number of nitrogens with one attached hydrogen (secondary N) is 2. The summed E-state index contributed by atoms with van der Waals surface area (Å²) < 4.78 is 6.56. The van der Waals surface area contributed by atoms with Crippen molar-refractivity contribution in [1.29, 1.82) is 0 Å². The van der Waals surface area contributed by atoms with Gasteiger partial charge in [0.15, 0.2) is 5.96 Å². The van der Waals surface area contributed by atoms with Crippen molar-refractivity contribution >= 4 is 29.1 Å². The molecule has 0 aliphatic carbocycles. The van der Waals surface area contributed by atoms with Crippen molar-refractivity contribution in [1.82, 2.24) is 15.6 Å². The second-order valence-corrected chi connectivity index (χ2v) is 7.73. The smallest absolute Gasteiger partial charge is 0.190 e.